The van der Waals surface area contributed by atoms with Crippen LogP contribution in [0.3, 0.4) is 0 Å². The summed E-state index contributed by atoms with van der Waals surface area (Å²) in [5.41, 5.74) is 2.04. The van der Waals surface area contributed by atoms with Gasteiger partial charge in [-0.2, -0.15) is 4.98 Å². The van der Waals surface area contributed by atoms with Crippen molar-refractivity contribution in [1.82, 2.24) is 14.6 Å². The molecule has 1 aliphatic heterocycles. The number of hydrogen-bond donors (Lipinski definition) is 0. The van der Waals surface area contributed by atoms with E-state index in [1.54, 1.807) is 19.1 Å². The lowest BCUT2D eigenvalue weighted by molar-refractivity contribution is -0.116. The molecule has 0 N–H and O–H groups in total. The van der Waals surface area contributed by atoms with E-state index in [0.717, 1.165) is 5.56 Å². The zero-order valence-electron chi connectivity index (χ0n) is 13.2. The van der Waals surface area contributed by atoms with E-state index < -0.39 is 6.43 Å². The number of amides is 1. The molecule has 0 spiro atoms. The number of anilines is 2. The van der Waals surface area contributed by atoms with Crippen molar-refractivity contribution in [2.75, 3.05) is 4.90 Å². The summed E-state index contributed by atoms with van der Waals surface area (Å²) in [6.07, 6.45) is -2.03. The molecular weight excluding hydrogens is 350 g/mol. The van der Waals surface area contributed by atoms with Crippen molar-refractivity contribution in [3.8, 4) is 0 Å². The highest BCUT2D eigenvalue weighted by atomic mass is 35.5. The van der Waals surface area contributed by atoms with Gasteiger partial charge >= 0.3 is 0 Å². The zero-order valence-corrected chi connectivity index (χ0v) is 14.0. The fourth-order valence-corrected chi connectivity index (χ4v) is 3.46. The number of benzene rings is 1. The summed E-state index contributed by atoms with van der Waals surface area (Å²) in [7, 11) is 0. The van der Waals surface area contributed by atoms with Crippen LogP contribution in [0, 0.1) is 0 Å². The molecule has 0 fully saturated rings. The quantitative estimate of drug-likeness (QED) is 0.704. The Balaban J connectivity index is 1.91. The molecule has 1 aliphatic rings. The van der Waals surface area contributed by atoms with Gasteiger partial charge in [0.15, 0.2) is 5.65 Å². The van der Waals surface area contributed by atoms with Crippen LogP contribution in [-0.2, 0) is 17.6 Å². The lowest BCUT2D eigenvalue weighted by Crippen LogP contribution is -2.22. The average molecular weight is 363 g/mol. The molecular formula is C17H13ClF2N4O. The number of aromatic nitrogens is 3. The predicted molar refractivity (Wildman–Crippen MR) is 89.6 cm³/mol. The van der Waals surface area contributed by atoms with Crippen LogP contribution >= 0.6 is 11.6 Å². The van der Waals surface area contributed by atoms with E-state index in [9.17, 15) is 13.6 Å². The van der Waals surface area contributed by atoms with Gasteiger partial charge < -0.3 is 0 Å². The van der Waals surface area contributed by atoms with Crippen molar-refractivity contribution < 1.29 is 13.6 Å². The fraction of sp³-hybridized carbons (Fsp3) is 0.235. The van der Waals surface area contributed by atoms with E-state index in [-0.39, 0.29) is 23.8 Å². The number of hydrogen-bond acceptors (Lipinski definition) is 3. The number of para-hydroxylation sites is 1. The number of carbonyl (C=O) groups is 1. The maximum atomic E-state index is 13.2. The molecule has 0 unspecified atom stereocenters. The normalized spacial score (nSPS) is 14.0. The van der Waals surface area contributed by atoms with E-state index in [1.807, 2.05) is 6.07 Å². The summed E-state index contributed by atoms with van der Waals surface area (Å²) in [5, 5.41) is 4.74. The molecule has 3 aromatic rings. The van der Waals surface area contributed by atoms with Gasteiger partial charge in [-0.15, -0.1) is 5.10 Å². The van der Waals surface area contributed by atoms with Gasteiger partial charge in [0.05, 0.1) is 22.8 Å². The smallest absolute Gasteiger partial charge is 0.265 e. The van der Waals surface area contributed by atoms with Crippen molar-refractivity contribution in [2.45, 2.75) is 26.2 Å². The number of halogens is 3. The first-order valence-corrected chi connectivity index (χ1v) is 8.16. The summed E-state index contributed by atoms with van der Waals surface area (Å²) in [4.78, 5) is 18.1. The SMILES string of the molecule is CCc1c(C(F)F)ccc2nc(N3C(=O)Cc4cccc(Cl)c43)nn12. The minimum absolute atomic E-state index is 0.0855. The second kappa shape index (κ2) is 5.77. The number of pyridine rings is 1. The van der Waals surface area contributed by atoms with Crippen LogP contribution < -0.4 is 4.90 Å². The highest BCUT2D eigenvalue weighted by Crippen LogP contribution is 2.39. The van der Waals surface area contributed by atoms with E-state index in [1.165, 1.54) is 21.5 Å². The predicted octanol–water partition coefficient (Wildman–Crippen LogP) is 4.10. The summed E-state index contributed by atoms with van der Waals surface area (Å²) in [6.45, 7) is 1.77. The first-order valence-electron chi connectivity index (χ1n) is 7.78. The molecule has 3 heterocycles. The van der Waals surface area contributed by atoms with E-state index in [0.29, 0.717) is 28.5 Å². The molecule has 128 valence electrons. The molecule has 1 aromatic carbocycles. The van der Waals surface area contributed by atoms with Crippen LogP contribution in [0.15, 0.2) is 30.3 Å². The van der Waals surface area contributed by atoms with Crippen LogP contribution in [0.1, 0.15) is 30.2 Å². The van der Waals surface area contributed by atoms with Gasteiger partial charge in [0.2, 0.25) is 5.91 Å². The molecule has 0 saturated heterocycles. The summed E-state index contributed by atoms with van der Waals surface area (Å²) < 4.78 is 27.8. The van der Waals surface area contributed by atoms with Gasteiger partial charge in [0.1, 0.15) is 0 Å². The molecule has 4 rings (SSSR count). The number of aryl methyl sites for hydroxylation is 1. The van der Waals surface area contributed by atoms with Gasteiger partial charge in [-0.25, -0.2) is 18.2 Å². The Morgan fingerprint density at radius 2 is 2.08 bits per heavy atom. The third kappa shape index (κ3) is 2.38. The van der Waals surface area contributed by atoms with Gasteiger partial charge in [-0.05, 0) is 30.2 Å². The number of alkyl halides is 2. The monoisotopic (exact) mass is 362 g/mol. The van der Waals surface area contributed by atoms with E-state index in [2.05, 4.69) is 10.1 Å². The summed E-state index contributed by atoms with van der Waals surface area (Å²) in [5.74, 6) is -0.0656. The maximum absolute atomic E-state index is 13.2. The zero-order chi connectivity index (χ0) is 17.7. The largest absolute Gasteiger partial charge is 0.274 e. The minimum Gasteiger partial charge on any atom is -0.274 e. The Morgan fingerprint density at radius 1 is 1.28 bits per heavy atom. The number of rotatable bonds is 3. The molecule has 0 radical (unpaired) electrons. The Labute approximate surface area is 146 Å². The van der Waals surface area contributed by atoms with Crippen molar-refractivity contribution in [3.63, 3.8) is 0 Å². The third-order valence-corrected chi connectivity index (χ3v) is 4.58. The highest BCUT2D eigenvalue weighted by Gasteiger charge is 2.33. The van der Waals surface area contributed by atoms with Gasteiger partial charge in [0.25, 0.3) is 12.4 Å². The molecule has 0 bridgehead atoms. The first kappa shape index (κ1) is 16.0. The highest BCUT2D eigenvalue weighted by molar-refractivity contribution is 6.35. The second-order valence-electron chi connectivity index (χ2n) is 5.72. The van der Waals surface area contributed by atoms with Crippen LogP contribution in [0.4, 0.5) is 20.4 Å². The summed E-state index contributed by atoms with van der Waals surface area (Å²) >= 11 is 6.25. The molecule has 0 aliphatic carbocycles. The molecule has 0 atom stereocenters. The van der Waals surface area contributed by atoms with Crippen molar-refractivity contribution in [2.24, 2.45) is 0 Å². The standard InChI is InChI=1S/C17H13ClF2N4O/c1-2-12-10(16(19)20)6-7-13-21-17(22-24(12)13)23-14(25)8-9-4-3-5-11(18)15(9)23/h3-7,16H,2,8H2,1H3. The maximum Gasteiger partial charge on any atom is 0.265 e. The van der Waals surface area contributed by atoms with Gasteiger partial charge in [-0.3, -0.25) is 4.79 Å². The summed E-state index contributed by atoms with van der Waals surface area (Å²) in [6, 6.07) is 8.11. The average Bonchev–Trinajstić information content (AvgIpc) is 3.14. The van der Waals surface area contributed by atoms with Crippen LogP contribution in [0.2, 0.25) is 5.02 Å². The van der Waals surface area contributed by atoms with E-state index >= 15 is 0 Å². The Hall–Kier alpha value is -2.54. The molecule has 5 nitrogen and oxygen atoms in total. The van der Waals surface area contributed by atoms with E-state index in [4.69, 9.17) is 11.6 Å². The molecule has 0 saturated carbocycles. The van der Waals surface area contributed by atoms with Gasteiger partial charge in [-0.1, -0.05) is 30.7 Å². The molecule has 25 heavy (non-hydrogen) atoms. The van der Waals surface area contributed by atoms with Crippen molar-refractivity contribution in [3.05, 3.63) is 52.2 Å². The Bertz CT molecular complexity index is 1000. The lowest BCUT2D eigenvalue weighted by atomic mass is 10.1. The molecule has 1 amide bonds. The topological polar surface area (TPSA) is 50.5 Å². The van der Waals surface area contributed by atoms with Crippen molar-refractivity contribution in [1.29, 1.82) is 0 Å². The third-order valence-electron chi connectivity index (χ3n) is 4.28. The fourth-order valence-electron chi connectivity index (χ4n) is 3.18. The second-order valence-corrected chi connectivity index (χ2v) is 6.13. The molecule has 8 heteroatoms. The van der Waals surface area contributed by atoms with Gasteiger partial charge in [0, 0.05) is 5.56 Å². The minimum atomic E-state index is -2.60. The van der Waals surface area contributed by atoms with Crippen LogP contribution in [0.5, 0.6) is 0 Å². The Kier molecular flexibility index (Phi) is 3.68. The van der Waals surface area contributed by atoms with Crippen LogP contribution in [0.25, 0.3) is 5.65 Å². The molecule has 2 aromatic heterocycles. The van der Waals surface area contributed by atoms with Crippen molar-refractivity contribution >= 4 is 34.8 Å². The number of nitrogens with zero attached hydrogens (tertiary/aromatic N) is 4. The van der Waals surface area contributed by atoms with Crippen LogP contribution in [-0.4, -0.2) is 20.5 Å². The number of carbonyl (C=O) groups excluding carboxylic acids is 1. The lowest BCUT2D eigenvalue weighted by Gasteiger charge is -2.13. The first-order chi connectivity index (χ1) is 12.0. The number of fused-ring (bicyclic) bond motifs is 2. The Morgan fingerprint density at radius 3 is 2.80 bits per heavy atom.